The first-order valence-electron chi connectivity index (χ1n) is 8.11. The molecule has 1 saturated heterocycles. The highest BCUT2D eigenvalue weighted by molar-refractivity contribution is 7.09. The molecule has 0 spiro atoms. The highest BCUT2D eigenvalue weighted by atomic mass is 32.1. The normalized spacial score (nSPS) is 18.3. The van der Waals surface area contributed by atoms with Crippen molar-refractivity contribution in [1.82, 2.24) is 10.6 Å². The second-order valence-corrected chi connectivity index (χ2v) is 6.33. The summed E-state index contributed by atoms with van der Waals surface area (Å²) in [5.74, 6) is 0.788. The minimum Gasteiger partial charge on any atom is -0.383 e. The minimum absolute atomic E-state index is 0.279. The van der Waals surface area contributed by atoms with E-state index >= 15 is 0 Å². The molecule has 1 aliphatic rings. The van der Waals surface area contributed by atoms with Crippen LogP contribution in [0.3, 0.4) is 0 Å². The first kappa shape index (κ1) is 18.2. The third-order valence-corrected chi connectivity index (χ3v) is 4.30. The summed E-state index contributed by atoms with van der Waals surface area (Å²) in [6, 6.07) is 4.13. The van der Waals surface area contributed by atoms with E-state index in [1.807, 2.05) is 6.07 Å². The fourth-order valence-electron chi connectivity index (χ4n) is 2.24. The summed E-state index contributed by atoms with van der Waals surface area (Å²) >= 11 is 1.71. The molecule has 130 valence electrons. The van der Waals surface area contributed by atoms with Gasteiger partial charge in [0.05, 0.1) is 32.5 Å². The van der Waals surface area contributed by atoms with Crippen LogP contribution in [0.15, 0.2) is 22.5 Å². The number of hydrogen-bond donors (Lipinski definition) is 2. The highest BCUT2D eigenvalue weighted by Crippen LogP contribution is 2.11. The van der Waals surface area contributed by atoms with Crippen LogP contribution >= 0.6 is 11.3 Å². The van der Waals surface area contributed by atoms with Crippen molar-refractivity contribution in [2.45, 2.75) is 25.5 Å². The van der Waals surface area contributed by atoms with Crippen molar-refractivity contribution in [2.75, 3.05) is 46.6 Å². The SMILES string of the molecule is COCCNC(=NCc1cccs1)NCCOCC1CCCO1. The molecule has 0 bridgehead atoms. The Morgan fingerprint density at radius 3 is 2.96 bits per heavy atom. The van der Waals surface area contributed by atoms with Crippen LogP contribution in [0.4, 0.5) is 0 Å². The fraction of sp³-hybridized carbons (Fsp3) is 0.688. The maximum Gasteiger partial charge on any atom is 0.191 e. The van der Waals surface area contributed by atoms with Gasteiger partial charge in [-0.3, -0.25) is 0 Å². The van der Waals surface area contributed by atoms with Crippen molar-refractivity contribution in [3.05, 3.63) is 22.4 Å². The van der Waals surface area contributed by atoms with Crippen LogP contribution in [0.5, 0.6) is 0 Å². The van der Waals surface area contributed by atoms with Gasteiger partial charge in [-0.25, -0.2) is 4.99 Å². The van der Waals surface area contributed by atoms with Gasteiger partial charge in [-0.05, 0) is 24.3 Å². The quantitative estimate of drug-likeness (QED) is 0.385. The number of nitrogens with one attached hydrogen (secondary N) is 2. The van der Waals surface area contributed by atoms with Crippen LogP contribution in [-0.4, -0.2) is 58.7 Å². The molecule has 1 aromatic heterocycles. The molecule has 1 atom stereocenters. The number of rotatable bonds is 10. The van der Waals surface area contributed by atoms with Gasteiger partial charge in [-0.15, -0.1) is 11.3 Å². The molecule has 1 fully saturated rings. The molecule has 1 aliphatic heterocycles. The Bertz CT molecular complexity index is 434. The van der Waals surface area contributed by atoms with E-state index in [1.54, 1.807) is 18.4 Å². The third-order valence-electron chi connectivity index (χ3n) is 3.44. The molecule has 6 nitrogen and oxygen atoms in total. The van der Waals surface area contributed by atoms with Crippen LogP contribution < -0.4 is 10.6 Å². The van der Waals surface area contributed by atoms with E-state index in [0.29, 0.717) is 26.4 Å². The van der Waals surface area contributed by atoms with E-state index in [-0.39, 0.29) is 6.10 Å². The topological polar surface area (TPSA) is 64.1 Å². The molecule has 1 unspecified atom stereocenters. The molecule has 0 aromatic carbocycles. The lowest BCUT2D eigenvalue weighted by atomic mass is 10.2. The Hall–Kier alpha value is -1.15. The van der Waals surface area contributed by atoms with E-state index < -0.39 is 0 Å². The first-order valence-corrected chi connectivity index (χ1v) is 8.99. The second-order valence-electron chi connectivity index (χ2n) is 5.30. The molecule has 0 saturated carbocycles. The average molecular weight is 341 g/mol. The number of methoxy groups -OCH3 is 1. The van der Waals surface area contributed by atoms with E-state index in [0.717, 1.165) is 38.5 Å². The summed E-state index contributed by atoms with van der Waals surface area (Å²) in [6.07, 6.45) is 2.54. The number of guanidine groups is 1. The largest absolute Gasteiger partial charge is 0.383 e. The molecule has 1 aromatic rings. The Balaban J connectivity index is 1.64. The summed E-state index contributed by atoms with van der Waals surface area (Å²) in [5.41, 5.74) is 0. The molecule has 0 aliphatic carbocycles. The van der Waals surface area contributed by atoms with E-state index in [2.05, 4.69) is 27.1 Å². The van der Waals surface area contributed by atoms with Crippen molar-refractivity contribution in [3.63, 3.8) is 0 Å². The van der Waals surface area contributed by atoms with E-state index in [4.69, 9.17) is 14.2 Å². The van der Waals surface area contributed by atoms with Crippen molar-refractivity contribution >= 4 is 17.3 Å². The predicted molar refractivity (Wildman–Crippen MR) is 93.1 cm³/mol. The van der Waals surface area contributed by atoms with Crippen molar-refractivity contribution < 1.29 is 14.2 Å². The van der Waals surface area contributed by atoms with Crippen LogP contribution in [0.2, 0.25) is 0 Å². The smallest absolute Gasteiger partial charge is 0.191 e. The minimum atomic E-state index is 0.279. The summed E-state index contributed by atoms with van der Waals surface area (Å²) in [7, 11) is 1.69. The lowest BCUT2D eigenvalue weighted by Gasteiger charge is -2.13. The molecule has 23 heavy (non-hydrogen) atoms. The van der Waals surface area contributed by atoms with Crippen LogP contribution in [0.25, 0.3) is 0 Å². The summed E-state index contributed by atoms with van der Waals surface area (Å²) in [4.78, 5) is 5.83. The average Bonchev–Trinajstić information content (AvgIpc) is 3.25. The van der Waals surface area contributed by atoms with Gasteiger partial charge < -0.3 is 24.8 Å². The first-order chi connectivity index (χ1) is 11.4. The van der Waals surface area contributed by atoms with Gasteiger partial charge in [0.15, 0.2) is 5.96 Å². The van der Waals surface area contributed by atoms with Gasteiger partial charge in [0.2, 0.25) is 0 Å². The Labute approximate surface area is 142 Å². The number of nitrogens with zero attached hydrogens (tertiary/aromatic N) is 1. The maximum atomic E-state index is 5.65. The highest BCUT2D eigenvalue weighted by Gasteiger charge is 2.14. The number of ether oxygens (including phenoxy) is 3. The molecule has 7 heteroatoms. The standard InChI is InChI=1S/C16H27N3O3S/c1-20-9-6-17-16(19-12-15-5-3-11-23-15)18-7-10-21-13-14-4-2-8-22-14/h3,5,11,14H,2,4,6-10,12-13H2,1H3,(H2,17,18,19). The Morgan fingerprint density at radius 1 is 1.39 bits per heavy atom. The van der Waals surface area contributed by atoms with Crippen molar-refractivity contribution in [3.8, 4) is 0 Å². The lowest BCUT2D eigenvalue weighted by Crippen LogP contribution is -2.40. The van der Waals surface area contributed by atoms with Gasteiger partial charge in [-0.2, -0.15) is 0 Å². The molecular formula is C16H27N3O3S. The maximum absolute atomic E-state index is 5.65. The van der Waals surface area contributed by atoms with Gasteiger partial charge >= 0.3 is 0 Å². The molecule has 2 heterocycles. The van der Waals surface area contributed by atoms with Gasteiger partial charge in [0.1, 0.15) is 0 Å². The van der Waals surface area contributed by atoms with Gasteiger partial charge in [0.25, 0.3) is 0 Å². The number of aliphatic imine (C=N–C) groups is 1. The molecule has 0 amide bonds. The molecule has 0 radical (unpaired) electrons. The number of thiophene rings is 1. The molecule has 2 N–H and O–H groups in total. The van der Waals surface area contributed by atoms with Crippen molar-refractivity contribution in [1.29, 1.82) is 0 Å². The van der Waals surface area contributed by atoms with Crippen molar-refractivity contribution in [2.24, 2.45) is 4.99 Å². The van der Waals surface area contributed by atoms with Crippen LogP contribution in [-0.2, 0) is 20.8 Å². The van der Waals surface area contributed by atoms with E-state index in [1.165, 1.54) is 4.88 Å². The predicted octanol–water partition coefficient (Wildman–Crippen LogP) is 1.63. The Morgan fingerprint density at radius 2 is 2.26 bits per heavy atom. The zero-order chi connectivity index (χ0) is 16.2. The Kier molecular flexibility index (Phi) is 9.01. The summed E-state index contributed by atoms with van der Waals surface area (Å²) < 4.78 is 16.2. The van der Waals surface area contributed by atoms with Gasteiger partial charge in [-0.1, -0.05) is 6.07 Å². The fourth-order valence-corrected chi connectivity index (χ4v) is 2.87. The molecule has 2 rings (SSSR count). The molecular weight excluding hydrogens is 314 g/mol. The number of hydrogen-bond acceptors (Lipinski definition) is 5. The zero-order valence-corrected chi connectivity index (χ0v) is 14.6. The van der Waals surface area contributed by atoms with E-state index in [9.17, 15) is 0 Å². The summed E-state index contributed by atoms with van der Waals surface area (Å²) in [6.45, 7) is 4.96. The zero-order valence-electron chi connectivity index (χ0n) is 13.8. The summed E-state index contributed by atoms with van der Waals surface area (Å²) in [5, 5.41) is 8.61. The van der Waals surface area contributed by atoms with Gasteiger partial charge in [0, 0.05) is 31.7 Å². The third kappa shape index (κ3) is 7.78. The van der Waals surface area contributed by atoms with Crippen LogP contribution in [0, 0.1) is 0 Å². The second kappa shape index (κ2) is 11.4. The monoisotopic (exact) mass is 341 g/mol. The lowest BCUT2D eigenvalue weighted by molar-refractivity contribution is 0.0191. The van der Waals surface area contributed by atoms with Crippen LogP contribution in [0.1, 0.15) is 17.7 Å².